The van der Waals surface area contributed by atoms with Crippen molar-refractivity contribution in [2.24, 2.45) is 0 Å². The second-order valence-corrected chi connectivity index (χ2v) is 7.03. The van der Waals surface area contributed by atoms with Gasteiger partial charge in [-0.25, -0.2) is 0 Å². The Morgan fingerprint density at radius 2 is 1.57 bits per heavy atom. The van der Waals surface area contributed by atoms with Crippen LogP contribution in [0.4, 0.5) is 5.69 Å². The van der Waals surface area contributed by atoms with Gasteiger partial charge in [0.15, 0.2) is 0 Å². The van der Waals surface area contributed by atoms with Crippen LogP contribution in [-0.2, 0) is 6.42 Å². The lowest BCUT2D eigenvalue weighted by molar-refractivity contribution is 0.582. The summed E-state index contributed by atoms with van der Waals surface area (Å²) in [6, 6.07) is 9.02. The number of rotatable bonds is 9. The number of aryl methyl sites for hydroxylation is 1. The molecule has 0 aliphatic carbocycles. The summed E-state index contributed by atoms with van der Waals surface area (Å²) in [5.41, 5.74) is 3.07. The largest absolute Gasteiger partial charge is 0.371 e. The fourth-order valence-electron chi connectivity index (χ4n) is 3.28. The number of unbranched alkanes of at least 4 members (excludes halogenated alkanes) is 6. The van der Waals surface area contributed by atoms with Gasteiger partial charge < -0.3 is 4.90 Å². The van der Waals surface area contributed by atoms with Crippen LogP contribution in [0.15, 0.2) is 24.3 Å². The third-order valence-corrected chi connectivity index (χ3v) is 5.08. The number of para-hydroxylation sites is 1. The predicted molar refractivity (Wildman–Crippen MR) is 97.7 cm³/mol. The standard InChI is InChI=1S/C19H30BrN/c20-15-9-4-2-1-3-5-10-16-21-17-11-8-13-18-12-6-7-14-19(18)21/h6-7,12,14H,1-5,8-11,13,15-17H2. The molecule has 1 aliphatic rings. The van der Waals surface area contributed by atoms with Gasteiger partial charge in [0.25, 0.3) is 0 Å². The van der Waals surface area contributed by atoms with Gasteiger partial charge in [0.1, 0.15) is 0 Å². The van der Waals surface area contributed by atoms with Gasteiger partial charge in [0, 0.05) is 24.1 Å². The van der Waals surface area contributed by atoms with Crippen LogP contribution in [0, 0.1) is 0 Å². The number of halogens is 1. The molecule has 118 valence electrons. The van der Waals surface area contributed by atoms with Crippen molar-refractivity contribution < 1.29 is 0 Å². The fraction of sp³-hybridized carbons (Fsp3) is 0.684. The summed E-state index contributed by atoms with van der Waals surface area (Å²) in [5, 5.41) is 1.17. The van der Waals surface area contributed by atoms with Crippen LogP contribution >= 0.6 is 15.9 Å². The number of fused-ring (bicyclic) bond motifs is 1. The molecule has 0 amide bonds. The summed E-state index contributed by atoms with van der Waals surface area (Å²) >= 11 is 3.50. The van der Waals surface area contributed by atoms with E-state index in [1.54, 1.807) is 5.56 Å². The maximum Gasteiger partial charge on any atom is 0.0398 e. The first-order chi connectivity index (χ1) is 10.4. The van der Waals surface area contributed by atoms with Crippen molar-refractivity contribution in [1.82, 2.24) is 0 Å². The van der Waals surface area contributed by atoms with E-state index in [4.69, 9.17) is 0 Å². The van der Waals surface area contributed by atoms with Crippen LogP contribution in [0.3, 0.4) is 0 Å². The first-order valence-corrected chi connectivity index (χ1v) is 9.93. The highest BCUT2D eigenvalue weighted by molar-refractivity contribution is 9.09. The Kier molecular flexibility index (Phi) is 8.24. The number of nitrogens with zero attached hydrogens (tertiary/aromatic N) is 1. The molecule has 0 bridgehead atoms. The molecule has 0 saturated carbocycles. The average Bonchev–Trinajstić information content (AvgIpc) is 2.72. The van der Waals surface area contributed by atoms with Crippen LogP contribution in [0.2, 0.25) is 0 Å². The summed E-state index contributed by atoms with van der Waals surface area (Å²) in [4.78, 5) is 2.63. The predicted octanol–water partition coefficient (Wildman–Crippen LogP) is 5.95. The molecule has 0 atom stereocenters. The minimum Gasteiger partial charge on any atom is -0.371 e. The van der Waals surface area contributed by atoms with Gasteiger partial charge >= 0.3 is 0 Å². The molecule has 21 heavy (non-hydrogen) atoms. The van der Waals surface area contributed by atoms with Crippen molar-refractivity contribution >= 4 is 21.6 Å². The van der Waals surface area contributed by atoms with E-state index in [1.807, 2.05) is 0 Å². The Balaban J connectivity index is 1.66. The molecule has 0 unspecified atom stereocenters. The van der Waals surface area contributed by atoms with E-state index in [2.05, 4.69) is 45.1 Å². The van der Waals surface area contributed by atoms with Crippen molar-refractivity contribution in [3.63, 3.8) is 0 Å². The molecule has 0 radical (unpaired) electrons. The van der Waals surface area contributed by atoms with Crippen molar-refractivity contribution in [3.8, 4) is 0 Å². The Hall–Kier alpha value is -0.500. The van der Waals surface area contributed by atoms with Crippen LogP contribution in [0.5, 0.6) is 0 Å². The van der Waals surface area contributed by atoms with Crippen molar-refractivity contribution in [2.45, 2.75) is 64.2 Å². The van der Waals surface area contributed by atoms with Gasteiger partial charge in [-0.2, -0.15) is 0 Å². The van der Waals surface area contributed by atoms with Gasteiger partial charge in [-0.15, -0.1) is 0 Å². The van der Waals surface area contributed by atoms with Gasteiger partial charge in [-0.05, 0) is 43.7 Å². The minimum absolute atomic E-state index is 1.17. The maximum atomic E-state index is 3.50. The number of alkyl halides is 1. The molecule has 0 saturated heterocycles. The maximum absolute atomic E-state index is 3.50. The van der Waals surface area contributed by atoms with E-state index in [0.717, 1.165) is 0 Å². The molecule has 1 aliphatic heterocycles. The normalized spacial score (nSPS) is 14.8. The molecule has 0 N–H and O–H groups in total. The molecule has 1 heterocycles. The zero-order valence-electron chi connectivity index (χ0n) is 13.3. The van der Waals surface area contributed by atoms with Crippen molar-refractivity contribution in [1.29, 1.82) is 0 Å². The van der Waals surface area contributed by atoms with Gasteiger partial charge in [0.2, 0.25) is 0 Å². The minimum atomic E-state index is 1.17. The average molecular weight is 352 g/mol. The first kappa shape index (κ1) is 16.9. The van der Waals surface area contributed by atoms with E-state index in [-0.39, 0.29) is 0 Å². The summed E-state index contributed by atoms with van der Waals surface area (Å²) in [5.74, 6) is 0. The van der Waals surface area contributed by atoms with Crippen molar-refractivity contribution in [3.05, 3.63) is 29.8 Å². The molecule has 1 nitrogen and oxygen atoms in total. The lowest BCUT2D eigenvalue weighted by Gasteiger charge is -2.25. The number of hydrogen-bond donors (Lipinski definition) is 0. The summed E-state index contributed by atoms with van der Waals surface area (Å²) in [6.07, 6.45) is 13.7. The SMILES string of the molecule is BrCCCCCCCCCN1CCCCc2ccccc21. The number of anilines is 1. The Bertz CT molecular complexity index is 391. The molecule has 2 rings (SSSR count). The topological polar surface area (TPSA) is 3.24 Å². The van der Waals surface area contributed by atoms with Gasteiger partial charge in [-0.3, -0.25) is 0 Å². The van der Waals surface area contributed by atoms with E-state index >= 15 is 0 Å². The third-order valence-electron chi connectivity index (χ3n) is 4.52. The van der Waals surface area contributed by atoms with Crippen LogP contribution in [0.25, 0.3) is 0 Å². The molecule has 0 spiro atoms. The molecule has 1 aromatic rings. The molecular weight excluding hydrogens is 322 g/mol. The number of hydrogen-bond acceptors (Lipinski definition) is 1. The first-order valence-electron chi connectivity index (χ1n) is 8.80. The fourth-order valence-corrected chi connectivity index (χ4v) is 3.68. The summed E-state index contributed by atoms with van der Waals surface area (Å²) in [7, 11) is 0. The zero-order chi connectivity index (χ0) is 14.8. The van der Waals surface area contributed by atoms with Crippen LogP contribution in [-0.4, -0.2) is 18.4 Å². The third kappa shape index (κ3) is 6.02. The highest BCUT2D eigenvalue weighted by Gasteiger charge is 2.13. The quantitative estimate of drug-likeness (QED) is 0.392. The summed E-state index contributed by atoms with van der Waals surface area (Å²) in [6.45, 7) is 2.50. The van der Waals surface area contributed by atoms with E-state index in [9.17, 15) is 0 Å². The molecule has 2 heteroatoms. The highest BCUT2D eigenvalue weighted by atomic mass is 79.9. The smallest absolute Gasteiger partial charge is 0.0398 e. The second kappa shape index (κ2) is 10.3. The van der Waals surface area contributed by atoms with E-state index in [1.165, 1.54) is 88.3 Å². The van der Waals surface area contributed by atoms with E-state index in [0.29, 0.717) is 0 Å². The van der Waals surface area contributed by atoms with Gasteiger partial charge in [0.05, 0.1) is 0 Å². The molecule has 0 aromatic heterocycles. The Labute approximate surface area is 139 Å². The lowest BCUT2D eigenvalue weighted by atomic mass is 10.1. The highest BCUT2D eigenvalue weighted by Crippen LogP contribution is 2.26. The monoisotopic (exact) mass is 351 g/mol. The number of benzene rings is 1. The summed E-state index contributed by atoms with van der Waals surface area (Å²) < 4.78 is 0. The molecular formula is C19H30BrN. The van der Waals surface area contributed by atoms with Crippen LogP contribution < -0.4 is 4.90 Å². The van der Waals surface area contributed by atoms with E-state index < -0.39 is 0 Å². The second-order valence-electron chi connectivity index (χ2n) is 6.24. The van der Waals surface area contributed by atoms with Crippen LogP contribution in [0.1, 0.15) is 63.4 Å². The van der Waals surface area contributed by atoms with Crippen molar-refractivity contribution in [2.75, 3.05) is 23.3 Å². The molecule has 0 fully saturated rings. The van der Waals surface area contributed by atoms with Gasteiger partial charge in [-0.1, -0.05) is 66.2 Å². The molecule has 1 aromatic carbocycles. The Morgan fingerprint density at radius 3 is 2.38 bits per heavy atom. The Morgan fingerprint density at radius 1 is 0.857 bits per heavy atom. The zero-order valence-corrected chi connectivity index (χ0v) is 14.9. The lowest BCUT2D eigenvalue weighted by Crippen LogP contribution is -2.25.